The van der Waals surface area contributed by atoms with Crippen LogP contribution in [-0.2, 0) is 16.2 Å². The fraction of sp³-hybridized carbons (Fsp3) is 0.111. The van der Waals surface area contributed by atoms with Crippen molar-refractivity contribution in [3.05, 3.63) is 92.3 Å². The molecule has 3 aromatic rings. The Hall–Kier alpha value is -3.82. The fourth-order valence-corrected chi connectivity index (χ4v) is 4.71. The minimum Gasteiger partial charge on any atom is -0.490 e. The zero-order valence-electron chi connectivity index (χ0n) is 19.5. The first-order valence-corrected chi connectivity index (χ1v) is 12.6. The first-order chi connectivity index (χ1) is 17.8. The lowest BCUT2D eigenvalue weighted by Crippen LogP contribution is -2.54. The van der Waals surface area contributed by atoms with Crippen molar-refractivity contribution in [1.82, 2.24) is 5.32 Å². The lowest BCUT2D eigenvalue weighted by atomic mass is 10.1. The third-order valence-corrected chi connectivity index (χ3v) is 6.43. The van der Waals surface area contributed by atoms with E-state index in [4.69, 9.17) is 21.7 Å². The predicted molar refractivity (Wildman–Crippen MR) is 148 cm³/mol. The van der Waals surface area contributed by atoms with E-state index in [0.717, 1.165) is 10.5 Å². The third kappa shape index (κ3) is 5.63. The quantitative estimate of drug-likeness (QED) is 0.170. The van der Waals surface area contributed by atoms with Gasteiger partial charge in [0.05, 0.1) is 27.5 Å². The molecule has 0 unspecified atom stereocenters. The maximum absolute atomic E-state index is 14.4. The van der Waals surface area contributed by atoms with E-state index in [0.29, 0.717) is 32.8 Å². The first kappa shape index (κ1) is 26.2. The van der Waals surface area contributed by atoms with Crippen LogP contribution in [0, 0.1) is 20.7 Å². The summed E-state index contributed by atoms with van der Waals surface area (Å²) in [6.07, 6.45) is 1.40. The van der Waals surface area contributed by atoms with Crippen LogP contribution in [0.1, 0.15) is 23.6 Å². The summed E-state index contributed by atoms with van der Waals surface area (Å²) in [7, 11) is 0. The van der Waals surface area contributed by atoms with Gasteiger partial charge in [-0.15, -0.1) is 0 Å². The van der Waals surface area contributed by atoms with Crippen molar-refractivity contribution in [2.24, 2.45) is 0 Å². The van der Waals surface area contributed by atoms with Crippen LogP contribution in [0.25, 0.3) is 6.08 Å². The molecule has 0 saturated carbocycles. The van der Waals surface area contributed by atoms with Gasteiger partial charge in [0.25, 0.3) is 11.8 Å². The molecule has 186 valence electrons. The van der Waals surface area contributed by atoms with Gasteiger partial charge in [0.1, 0.15) is 18.0 Å². The number of thiocarbonyl (C=S) groups is 1. The van der Waals surface area contributed by atoms with Gasteiger partial charge in [-0.2, -0.15) is 5.26 Å². The number of benzene rings is 3. The Kier molecular flexibility index (Phi) is 8.15. The first-order valence-electron chi connectivity index (χ1n) is 11.1. The normalized spacial score (nSPS) is 14.4. The second-order valence-electron chi connectivity index (χ2n) is 7.73. The standard InChI is InChI=1S/C27H19FIN3O4S/c1-2-35-23-13-16(12-21(29)24(23)36-15-18-8-4-3-7-17(18)14-30)11-19-25(33)31-27(37)32(26(19)34)22-10-6-5-9-20(22)28/h3-13H,2,15H2,1H3,(H,31,33,37)/b19-11+. The number of amides is 2. The fourth-order valence-electron chi connectivity index (χ4n) is 3.66. The Balaban J connectivity index is 1.68. The van der Waals surface area contributed by atoms with E-state index < -0.39 is 17.6 Å². The van der Waals surface area contributed by atoms with Crippen molar-refractivity contribution in [2.75, 3.05) is 11.5 Å². The van der Waals surface area contributed by atoms with Crippen LogP contribution in [0.4, 0.5) is 10.1 Å². The minimum atomic E-state index is -0.750. The highest BCUT2D eigenvalue weighted by Gasteiger charge is 2.35. The largest absolute Gasteiger partial charge is 0.490 e. The molecule has 1 saturated heterocycles. The van der Waals surface area contributed by atoms with Gasteiger partial charge >= 0.3 is 0 Å². The summed E-state index contributed by atoms with van der Waals surface area (Å²) >= 11 is 7.21. The Morgan fingerprint density at radius 1 is 1.14 bits per heavy atom. The average molecular weight is 627 g/mol. The number of nitrogens with one attached hydrogen (secondary N) is 1. The Morgan fingerprint density at radius 3 is 2.59 bits per heavy atom. The molecule has 3 aromatic carbocycles. The number of rotatable bonds is 7. The van der Waals surface area contributed by atoms with Gasteiger partial charge in [-0.1, -0.05) is 30.3 Å². The van der Waals surface area contributed by atoms with Crippen LogP contribution in [0.3, 0.4) is 0 Å². The number of para-hydroxylation sites is 1. The van der Waals surface area contributed by atoms with Crippen molar-refractivity contribution < 1.29 is 23.5 Å². The maximum atomic E-state index is 14.4. The number of carbonyl (C=O) groups excluding carboxylic acids is 2. The molecule has 1 fully saturated rings. The molecule has 0 spiro atoms. The predicted octanol–water partition coefficient (Wildman–Crippen LogP) is 5.11. The number of anilines is 1. The molecule has 0 bridgehead atoms. The van der Waals surface area contributed by atoms with Gasteiger partial charge in [0.15, 0.2) is 16.6 Å². The molecular formula is C27H19FIN3O4S. The van der Waals surface area contributed by atoms with Crippen LogP contribution >= 0.6 is 34.8 Å². The topological polar surface area (TPSA) is 91.7 Å². The zero-order chi connectivity index (χ0) is 26.5. The second-order valence-corrected chi connectivity index (χ2v) is 9.28. The molecule has 1 aliphatic heterocycles. The summed E-state index contributed by atoms with van der Waals surface area (Å²) in [6, 6.07) is 18.3. The van der Waals surface area contributed by atoms with E-state index in [2.05, 4.69) is 34.0 Å². The Morgan fingerprint density at radius 2 is 1.86 bits per heavy atom. The van der Waals surface area contributed by atoms with Gasteiger partial charge < -0.3 is 9.47 Å². The second kappa shape index (κ2) is 11.5. The highest BCUT2D eigenvalue weighted by Crippen LogP contribution is 2.36. The van der Waals surface area contributed by atoms with E-state index in [9.17, 15) is 19.2 Å². The summed E-state index contributed by atoms with van der Waals surface area (Å²) in [4.78, 5) is 26.9. The van der Waals surface area contributed by atoms with E-state index in [1.54, 1.807) is 30.3 Å². The molecule has 1 aliphatic rings. The maximum Gasteiger partial charge on any atom is 0.270 e. The molecule has 1 N–H and O–H groups in total. The van der Waals surface area contributed by atoms with E-state index in [1.165, 1.54) is 24.3 Å². The minimum absolute atomic E-state index is 0.0608. The number of hydrogen-bond acceptors (Lipinski definition) is 6. The Bertz CT molecular complexity index is 1480. The van der Waals surface area contributed by atoms with E-state index in [1.807, 2.05) is 19.1 Å². The van der Waals surface area contributed by atoms with Gasteiger partial charge in [-0.05, 0) is 83.7 Å². The molecule has 0 radical (unpaired) electrons. The third-order valence-electron chi connectivity index (χ3n) is 5.35. The molecule has 0 aromatic heterocycles. The number of nitrogens with zero attached hydrogens (tertiary/aromatic N) is 2. The molecule has 4 rings (SSSR count). The summed E-state index contributed by atoms with van der Waals surface area (Å²) in [5, 5.41) is 11.6. The van der Waals surface area contributed by atoms with Crippen LogP contribution < -0.4 is 19.7 Å². The van der Waals surface area contributed by atoms with E-state index >= 15 is 0 Å². The molecule has 10 heteroatoms. The van der Waals surface area contributed by atoms with E-state index in [-0.39, 0.29) is 23.0 Å². The monoisotopic (exact) mass is 627 g/mol. The molecule has 0 atom stereocenters. The summed E-state index contributed by atoms with van der Waals surface area (Å²) in [6.45, 7) is 2.31. The highest BCUT2D eigenvalue weighted by molar-refractivity contribution is 14.1. The number of carbonyl (C=O) groups is 2. The molecule has 1 heterocycles. The summed E-state index contributed by atoms with van der Waals surface area (Å²) in [5.41, 5.74) is 1.46. The molecule has 0 aliphatic carbocycles. The number of ether oxygens (including phenoxy) is 2. The SMILES string of the molecule is CCOc1cc(/C=C2\C(=O)NC(=S)N(c3ccccc3F)C2=O)cc(I)c1OCc1ccccc1C#N. The lowest BCUT2D eigenvalue weighted by Gasteiger charge is -2.29. The molecule has 7 nitrogen and oxygen atoms in total. The molecule has 2 amide bonds. The van der Waals surface area contributed by atoms with Crippen molar-refractivity contribution in [2.45, 2.75) is 13.5 Å². The zero-order valence-corrected chi connectivity index (χ0v) is 22.4. The van der Waals surface area contributed by atoms with Crippen molar-refractivity contribution in [3.63, 3.8) is 0 Å². The van der Waals surface area contributed by atoms with Crippen LogP contribution in [0.5, 0.6) is 11.5 Å². The lowest BCUT2D eigenvalue weighted by molar-refractivity contribution is -0.122. The van der Waals surface area contributed by atoms with Gasteiger partial charge in [-0.25, -0.2) is 9.29 Å². The van der Waals surface area contributed by atoms with Crippen molar-refractivity contribution in [1.29, 1.82) is 5.26 Å². The molecular weight excluding hydrogens is 608 g/mol. The van der Waals surface area contributed by atoms with Gasteiger partial charge in [0.2, 0.25) is 0 Å². The van der Waals surface area contributed by atoms with Crippen LogP contribution in [0.2, 0.25) is 0 Å². The molecule has 37 heavy (non-hydrogen) atoms. The van der Waals surface area contributed by atoms with Gasteiger partial charge in [0, 0.05) is 5.56 Å². The highest BCUT2D eigenvalue weighted by atomic mass is 127. The van der Waals surface area contributed by atoms with Crippen molar-refractivity contribution >= 4 is 63.5 Å². The Labute approximate surface area is 231 Å². The van der Waals surface area contributed by atoms with Crippen LogP contribution in [0.15, 0.2) is 66.2 Å². The summed E-state index contributed by atoms with van der Waals surface area (Å²) in [5.74, 6) is -1.22. The number of halogens is 2. The van der Waals surface area contributed by atoms with Crippen LogP contribution in [-0.4, -0.2) is 23.5 Å². The van der Waals surface area contributed by atoms with Crippen molar-refractivity contribution in [3.8, 4) is 17.6 Å². The number of nitriles is 1. The summed E-state index contributed by atoms with van der Waals surface area (Å²) < 4.78 is 26.9. The average Bonchev–Trinajstić information content (AvgIpc) is 2.87. The smallest absolute Gasteiger partial charge is 0.270 e. The number of hydrogen-bond donors (Lipinski definition) is 1. The van der Waals surface area contributed by atoms with Gasteiger partial charge in [-0.3, -0.25) is 14.9 Å².